The van der Waals surface area contributed by atoms with E-state index in [1.165, 1.54) is 43.4 Å². The van der Waals surface area contributed by atoms with Crippen LogP contribution in [-0.2, 0) is 0 Å². The first-order valence-electron chi connectivity index (χ1n) is 8.00. The summed E-state index contributed by atoms with van der Waals surface area (Å²) in [4.78, 5) is 25.1. The van der Waals surface area contributed by atoms with Crippen LogP contribution in [0.2, 0.25) is 0 Å². The number of amides is 1. The first-order valence-corrected chi connectivity index (χ1v) is 8.88. The van der Waals surface area contributed by atoms with E-state index in [4.69, 9.17) is 0 Å². The number of aromatic amines is 1. The molecule has 0 aliphatic heterocycles. The van der Waals surface area contributed by atoms with Crippen molar-refractivity contribution in [3.63, 3.8) is 0 Å². The number of aromatic nitrogens is 3. The van der Waals surface area contributed by atoms with Gasteiger partial charge in [-0.3, -0.25) is 4.79 Å². The average molecular weight is 326 g/mol. The van der Waals surface area contributed by atoms with E-state index in [2.05, 4.69) is 25.7 Å². The molecule has 1 fully saturated rings. The number of hydrogen-bond acceptors (Lipinski definition) is 3. The third kappa shape index (κ3) is 2.74. The van der Waals surface area contributed by atoms with Crippen LogP contribution in [0.3, 0.4) is 0 Å². The highest BCUT2D eigenvalue weighted by Crippen LogP contribution is 2.27. The molecule has 0 aromatic carbocycles. The predicted octanol–water partition coefficient (Wildman–Crippen LogP) is 3.67. The van der Waals surface area contributed by atoms with Crippen LogP contribution in [0.15, 0.2) is 41.1 Å². The summed E-state index contributed by atoms with van der Waals surface area (Å²) in [6, 6.07) is 4.08. The number of rotatable bonds is 2. The lowest BCUT2D eigenvalue weighted by Gasteiger charge is -2.22. The van der Waals surface area contributed by atoms with E-state index in [-0.39, 0.29) is 5.91 Å². The number of fused-ring (bicyclic) bond motifs is 1. The fourth-order valence-corrected chi connectivity index (χ4v) is 4.08. The Morgan fingerprint density at radius 1 is 1.30 bits per heavy atom. The quantitative estimate of drug-likeness (QED) is 0.781. The Bertz CT molecular complexity index is 898. The monoisotopic (exact) mass is 326 g/mol. The van der Waals surface area contributed by atoms with Crippen LogP contribution in [0.5, 0.6) is 0 Å². The van der Waals surface area contributed by atoms with Crippen molar-refractivity contribution in [3.8, 4) is 0 Å². The third-order valence-electron chi connectivity index (χ3n) is 4.47. The maximum absolute atomic E-state index is 12.6. The Morgan fingerprint density at radius 2 is 2.17 bits per heavy atom. The Kier molecular flexibility index (Phi) is 3.83. The molecule has 3 aromatic heterocycles. The highest BCUT2D eigenvalue weighted by molar-refractivity contribution is 7.07. The summed E-state index contributed by atoms with van der Waals surface area (Å²) in [5, 5.41) is 2.83. The Balaban J connectivity index is 1.72. The highest BCUT2D eigenvalue weighted by atomic mass is 32.1. The minimum absolute atomic E-state index is 0.205. The summed E-state index contributed by atoms with van der Waals surface area (Å²) in [5.74, 6) is -0.205. The van der Waals surface area contributed by atoms with Crippen LogP contribution in [0.25, 0.3) is 11.0 Å². The van der Waals surface area contributed by atoms with Crippen LogP contribution < -0.4 is 4.80 Å². The van der Waals surface area contributed by atoms with Crippen LogP contribution in [-0.4, -0.2) is 20.4 Å². The van der Waals surface area contributed by atoms with Gasteiger partial charge in [0.2, 0.25) is 0 Å². The summed E-state index contributed by atoms with van der Waals surface area (Å²) in [6.45, 7) is 0. The number of nitrogens with zero attached hydrogens (tertiary/aromatic N) is 3. The van der Waals surface area contributed by atoms with Gasteiger partial charge in [0.15, 0.2) is 4.80 Å². The molecule has 4 rings (SSSR count). The lowest BCUT2D eigenvalue weighted by molar-refractivity contribution is 0.0999. The van der Waals surface area contributed by atoms with Crippen molar-refractivity contribution in [2.75, 3.05) is 0 Å². The fourth-order valence-electron chi connectivity index (χ4n) is 3.30. The van der Waals surface area contributed by atoms with Gasteiger partial charge in [0, 0.05) is 35.4 Å². The summed E-state index contributed by atoms with van der Waals surface area (Å²) in [6.07, 6.45) is 11.7. The Hall–Kier alpha value is -2.21. The molecule has 0 atom stereocenters. The first kappa shape index (κ1) is 14.4. The molecule has 0 unspecified atom stereocenters. The fraction of sp³-hybridized carbons (Fsp3) is 0.353. The van der Waals surface area contributed by atoms with Crippen molar-refractivity contribution in [1.82, 2.24) is 14.5 Å². The van der Waals surface area contributed by atoms with E-state index in [9.17, 15) is 4.79 Å². The molecule has 1 aliphatic rings. The number of carbonyl (C=O) groups is 1. The summed E-state index contributed by atoms with van der Waals surface area (Å²) in [5.41, 5.74) is 1.32. The van der Waals surface area contributed by atoms with Crippen molar-refractivity contribution in [3.05, 3.63) is 46.5 Å². The van der Waals surface area contributed by atoms with E-state index >= 15 is 0 Å². The van der Waals surface area contributed by atoms with Gasteiger partial charge in [-0.25, -0.2) is 4.98 Å². The number of hydrogen-bond donors (Lipinski definition) is 1. The second-order valence-electron chi connectivity index (χ2n) is 5.90. The molecule has 5 nitrogen and oxygen atoms in total. The Labute approximate surface area is 137 Å². The number of carbonyl (C=O) groups excluding carboxylic acids is 1. The molecule has 6 heteroatoms. The van der Waals surface area contributed by atoms with Gasteiger partial charge in [0.1, 0.15) is 5.65 Å². The minimum Gasteiger partial charge on any atom is -0.346 e. The zero-order valence-electron chi connectivity index (χ0n) is 12.7. The molecule has 1 aliphatic carbocycles. The zero-order valence-corrected chi connectivity index (χ0v) is 13.6. The molecule has 0 radical (unpaired) electrons. The molecular formula is C17H18N4OS. The average Bonchev–Trinajstić information content (AvgIpc) is 3.24. The topological polar surface area (TPSA) is 63.0 Å². The number of nitrogens with one attached hydrogen (secondary N) is 1. The maximum Gasteiger partial charge on any atom is 0.280 e. The van der Waals surface area contributed by atoms with Gasteiger partial charge in [-0.05, 0) is 25.0 Å². The molecule has 118 valence electrons. The number of pyridine rings is 1. The summed E-state index contributed by atoms with van der Waals surface area (Å²) >= 11 is 1.53. The smallest absolute Gasteiger partial charge is 0.280 e. The van der Waals surface area contributed by atoms with E-state index in [1.807, 2.05) is 11.4 Å². The molecule has 1 amide bonds. The van der Waals surface area contributed by atoms with Crippen LogP contribution in [0, 0.1) is 0 Å². The summed E-state index contributed by atoms with van der Waals surface area (Å²) in [7, 11) is 0. The normalized spacial score (nSPS) is 17.0. The molecule has 1 N–H and O–H groups in total. The second kappa shape index (κ2) is 6.12. The van der Waals surface area contributed by atoms with Gasteiger partial charge in [-0.1, -0.05) is 19.3 Å². The lowest BCUT2D eigenvalue weighted by Crippen LogP contribution is -2.23. The SMILES string of the molecule is O=C(/N=c1\sccn1C1CCCCC1)c1ccnc2[nH]ccc12. The van der Waals surface area contributed by atoms with Gasteiger partial charge in [0.25, 0.3) is 5.91 Å². The maximum atomic E-state index is 12.6. The minimum atomic E-state index is -0.205. The van der Waals surface area contributed by atoms with Gasteiger partial charge >= 0.3 is 0 Å². The number of thiazole rings is 1. The molecule has 0 spiro atoms. The van der Waals surface area contributed by atoms with Crippen molar-refractivity contribution in [2.45, 2.75) is 38.1 Å². The van der Waals surface area contributed by atoms with Gasteiger partial charge in [0.05, 0.1) is 5.56 Å². The molecule has 0 saturated heterocycles. The van der Waals surface area contributed by atoms with Crippen molar-refractivity contribution in [2.24, 2.45) is 4.99 Å². The number of H-pyrrole nitrogens is 1. The second-order valence-corrected chi connectivity index (χ2v) is 6.77. The van der Waals surface area contributed by atoms with Crippen molar-refractivity contribution in [1.29, 1.82) is 0 Å². The van der Waals surface area contributed by atoms with Crippen molar-refractivity contribution < 1.29 is 4.79 Å². The van der Waals surface area contributed by atoms with E-state index < -0.39 is 0 Å². The standard InChI is InChI=1S/C17H18N4OS/c22-16(14-7-9-19-15-13(14)6-8-18-15)20-17-21(10-11-23-17)12-4-2-1-3-5-12/h6-12H,1-5H2,(H,18,19)/b20-17-. The van der Waals surface area contributed by atoms with Gasteiger partial charge in [-0.15, -0.1) is 11.3 Å². The van der Waals surface area contributed by atoms with Gasteiger partial charge in [-0.2, -0.15) is 4.99 Å². The largest absolute Gasteiger partial charge is 0.346 e. The highest BCUT2D eigenvalue weighted by Gasteiger charge is 2.17. The van der Waals surface area contributed by atoms with Gasteiger partial charge < -0.3 is 9.55 Å². The molecule has 3 heterocycles. The van der Waals surface area contributed by atoms with E-state index in [0.717, 1.165) is 15.8 Å². The van der Waals surface area contributed by atoms with E-state index in [1.54, 1.807) is 18.5 Å². The van der Waals surface area contributed by atoms with Crippen LogP contribution in [0.4, 0.5) is 0 Å². The lowest BCUT2D eigenvalue weighted by atomic mass is 9.95. The summed E-state index contributed by atoms with van der Waals surface area (Å²) < 4.78 is 2.18. The predicted molar refractivity (Wildman–Crippen MR) is 90.4 cm³/mol. The molecule has 23 heavy (non-hydrogen) atoms. The molecule has 3 aromatic rings. The van der Waals surface area contributed by atoms with Crippen LogP contribution >= 0.6 is 11.3 Å². The zero-order chi connectivity index (χ0) is 15.6. The van der Waals surface area contributed by atoms with E-state index in [0.29, 0.717) is 11.6 Å². The first-order chi connectivity index (χ1) is 11.3. The van der Waals surface area contributed by atoms with Crippen LogP contribution in [0.1, 0.15) is 48.5 Å². The Morgan fingerprint density at radius 3 is 3.04 bits per heavy atom. The molecular weight excluding hydrogens is 308 g/mol. The third-order valence-corrected chi connectivity index (χ3v) is 5.24. The van der Waals surface area contributed by atoms with Crippen molar-refractivity contribution >= 4 is 28.3 Å². The molecule has 1 saturated carbocycles. The molecule has 0 bridgehead atoms.